The van der Waals surface area contributed by atoms with Gasteiger partial charge in [0.2, 0.25) is 11.8 Å². The minimum absolute atomic E-state index is 0.0473. The van der Waals surface area contributed by atoms with Gasteiger partial charge in [0.1, 0.15) is 12.1 Å². The molecule has 4 heteroatoms. The van der Waals surface area contributed by atoms with Crippen LogP contribution < -0.4 is 5.32 Å². The molecule has 0 aromatic carbocycles. The predicted molar refractivity (Wildman–Crippen MR) is 76.9 cm³/mol. The molecule has 0 aromatic heterocycles. The molecule has 1 aliphatic heterocycles. The van der Waals surface area contributed by atoms with Crippen molar-refractivity contribution in [3.63, 3.8) is 0 Å². The first-order valence-electron chi connectivity index (χ1n) is 7.87. The number of nitrogens with one attached hydrogen (secondary N) is 1. The molecule has 4 nitrogen and oxygen atoms in total. The van der Waals surface area contributed by atoms with Crippen LogP contribution in [0.15, 0.2) is 12.2 Å². The topological polar surface area (TPSA) is 49.4 Å². The molecule has 3 aliphatic rings. The summed E-state index contributed by atoms with van der Waals surface area (Å²) < 4.78 is 0. The van der Waals surface area contributed by atoms with Gasteiger partial charge in [-0.25, -0.2) is 0 Å². The molecule has 2 amide bonds. The summed E-state index contributed by atoms with van der Waals surface area (Å²) in [7, 11) is 0. The first-order valence-corrected chi connectivity index (χ1v) is 7.87. The molecule has 2 aliphatic carbocycles. The van der Waals surface area contributed by atoms with E-state index in [1.54, 1.807) is 0 Å². The molecule has 1 N–H and O–H groups in total. The van der Waals surface area contributed by atoms with Gasteiger partial charge in [-0.15, -0.1) is 0 Å². The normalized spacial score (nSPS) is 34.5. The van der Waals surface area contributed by atoms with Crippen LogP contribution >= 0.6 is 0 Å². The lowest BCUT2D eigenvalue weighted by Crippen LogP contribution is -2.67. The molecule has 2 fully saturated rings. The van der Waals surface area contributed by atoms with Crippen LogP contribution in [-0.2, 0) is 9.59 Å². The zero-order chi connectivity index (χ0) is 14.3. The highest BCUT2D eigenvalue weighted by Gasteiger charge is 2.49. The van der Waals surface area contributed by atoms with Crippen LogP contribution in [0.4, 0.5) is 0 Å². The quantitative estimate of drug-likeness (QED) is 0.800. The van der Waals surface area contributed by atoms with Gasteiger partial charge in [0.15, 0.2) is 0 Å². The molecule has 1 saturated heterocycles. The molecule has 0 spiro atoms. The summed E-state index contributed by atoms with van der Waals surface area (Å²) >= 11 is 0. The highest BCUT2D eigenvalue weighted by atomic mass is 16.2. The molecule has 3 unspecified atom stereocenters. The molecule has 1 saturated carbocycles. The Kier molecular flexibility index (Phi) is 3.57. The van der Waals surface area contributed by atoms with Gasteiger partial charge in [0.05, 0.1) is 0 Å². The van der Waals surface area contributed by atoms with Crippen LogP contribution in [-0.4, -0.2) is 34.8 Å². The Balaban J connectivity index is 1.87. The second-order valence-electron chi connectivity index (χ2n) is 6.70. The Bertz CT molecular complexity index is 440. The van der Waals surface area contributed by atoms with Crippen molar-refractivity contribution in [2.45, 2.75) is 64.1 Å². The summed E-state index contributed by atoms with van der Waals surface area (Å²) in [6.45, 7) is 4.06. The lowest BCUT2D eigenvalue weighted by Gasteiger charge is -2.45. The standard InChI is InChI=1S/C16H24N2O2/c1-10(2)14-15(19)17-13(11-8-9-11)16(20)18(14)12-6-4-3-5-7-12/h3-4,10-14H,5-9H2,1-2H3,(H,17,19). The van der Waals surface area contributed by atoms with E-state index in [1.807, 2.05) is 18.7 Å². The van der Waals surface area contributed by atoms with Crippen LogP contribution in [0.3, 0.4) is 0 Å². The fourth-order valence-corrected chi connectivity index (χ4v) is 3.53. The van der Waals surface area contributed by atoms with E-state index in [9.17, 15) is 9.59 Å². The number of allylic oxidation sites excluding steroid dienone is 1. The van der Waals surface area contributed by atoms with E-state index in [4.69, 9.17) is 0 Å². The van der Waals surface area contributed by atoms with E-state index in [1.165, 1.54) is 0 Å². The molecule has 3 atom stereocenters. The number of hydrogen-bond donors (Lipinski definition) is 1. The molecule has 3 rings (SSSR count). The second kappa shape index (κ2) is 5.23. The molecular formula is C16H24N2O2. The van der Waals surface area contributed by atoms with Crippen molar-refractivity contribution in [1.29, 1.82) is 0 Å². The number of piperazine rings is 1. The Labute approximate surface area is 120 Å². The lowest BCUT2D eigenvalue weighted by molar-refractivity contribution is -0.155. The monoisotopic (exact) mass is 276 g/mol. The molecule has 20 heavy (non-hydrogen) atoms. The number of carbonyl (C=O) groups excluding carboxylic acids is 2. The van der Waals surface area contributed by atoms with E-state index >= 15 is 0 Å². The van der Waals surface area contributed by atoms with E-state index in [-0.39, 0.29) is 35.9 Å². The minimum atomic E-state index is -0.297. The fraction of sp³-hybridized carbons (Fsp3) is 0.750. The van der Waals surface area contributed by atoms with E-state index in [0.717, 1.165) is 32.1 Å². The highest BCUT2D eigenvalue weighted by Crippen LogP contribution is 2.37. The van der Waals surface area contributed by atoms with E-state index in [2.05, 4.69) is 17.5 Å². The summed E-state index contributed by atoms with van der Waals surface area (Å²) in [6.07, 6.45) is 9.35. The highest BCUT2D eigenvalue weighted by molar-refractivity contribution is 5.97. The molecule has 0 bridgehead atoms. The molecule has 0 aromatic rings. The van der Waals surface area contributed by atoms with Gasteiger partial charge in [-0.2, -0.15) is 0 Å². The number of carbonyl (C=O) groups is 2. The van der Waals surface area contributed by atoms with Crippen molar-refractivity contribution in [3.05, 3.63) is 12.2 Å². The maximum atomic E-state index is 12.9. The molecular weight excluding hydrogens is 252 g/mol. The molecule has 1 heterocycles. The maximum absolute atomic E-state index is 12.9. The third kappa shape index (κ3) is 2.36. The summed E-state index contributed by atoms with van der Waals surface area (Å²) in [4.78, 5) is 27.2. The average Bonchev–Trinajstić information content (AvgIpc) is 3.25. The van der Waals surface area contributed by atoms with Crippen LogP contribution in [0.25, 0.3) is 0 Å². The van der Waals surface area contributed by atoms with Crippen molar-refractivity contribution >= 4 is 11.8 Å². The van der Waals surface area contributed by atoms with Gasteiger partial charge in [-0.3, -0.25) is 9.59 Å². The Morgan fingerprint density at radius 2 is 1.95 bits per heavy atom. The van der Waals surface area contributed by atoms with Crippen molar-refractivity contribution in [3.8, 4) is 0 Å². The fourth-order valence-electron chi connectivity index (χ4n) is 3.53. The zero-order valence-electron chi connectivity index (χ0n) is 12.3. The summed E-state index contributed by atoms with van der Waals surface area (Å²) in [5, 5.41) is 2.98. The number of amides is 2. The van der Waals surface area contributed by atoms with Gasteiger partial charge in [-0.1, -0.05) is 26.0 Å². The van der Waals surface area contributed by atoms with Crippen LogP contribution in [0.5, 0.6) is 0 Å². The number of rotatable bonds is 3. The van der Waals surface area contributed by atoms with Crippen molar-refractivity contribution < 1.29 is 9.59 Å². The van der Waals surface area contributed by atoms with Crippen LogP contribution in [0.1, 0.15) is 46.0 Å². The Morgan fingerprint density at radius 3 is 2.50 bits per heavy atom. The third-order valence-corrected chi connectivity index (χ3v) is 4.75. The number of hydrogen-bond acceptors (Lipinski definition) is 2. The Hall–Kier alpha value is -1.32. The summed E-state index contributed by atoms with van der Waals surface area (Å²) in [5.74, 6) is 0.739. The first kappa shape index (κ1) is 13.7. The minimum Gasteiger partial charge on any atom is -0.342 e. The zero-order valence-corrected chi connectivity index (χ0v) is 12.3. The smallest absolute Gasteiger partial charge is 0.246 e. The van der Waals surface area contributed by atoms with Gasteiger partial charge >= 0.3 is 0 Å². The summed E-state index contributed by atoms with van der Waals surface area (Å²) in [5.41, 5.74) is 0. The first-order chi connectivity index (χ1) is 9.59. The van der Waals surface area contributed by atoms with Crippen molar-refractivity contribution in [2.75, 3.05) is 0 Å². The van der Waals surface area contributed by atoms with Gasteiger partial charge in [0, 0.05) is 6.04 Å². The van der Waals surface area contributed by atoms with Crippen LogP contribution in [0, 0.1) is 11.8 Å². The maximum Gasteiger partial charge on any atom is 0.246 e. The third-order valence-electron chi connectivity index (χ3n) is 4.75. The Morgan fingerprint density at radius 1 is 1.20 bits per heavy atom. The molecule has 110 valence electrons. The van der Waals surface area contributed by atoms with Crippen LogP contribution in [0.2, 0.25) is 0 Å². The van der Waals surface area contributed by atoms with Crippen molar-refractivity contribution in [1.82, 2.24) is 10.2 Å². The van der Waals surface area contributed by atoms with E-state index in [0.29, 0.717) is 5.92 Å². The van der Waals surface area contributed by atoms with Crippen molar-refractivity contribution in [2.24, 2.45) is 11.8 Å². The SMILES string of the molecule is CC(C)C1C(=O)NC(C2CC2)C(=O)N1C1CC=CCC1. The largest absolute Gasteiger partial charge is 0.342 e. The summed E-state index contributed by atoms with van der Waals surface area (Å²) in [6, 6.07) is -0.357. The number of nitrogens with zero attached hydrogens (tertiary/aromatic N) is 1. The van der Waals surface area contributed by atoms with Gasteiger partial charge < -0.3 is 10.2 Å². The predicted octanol–water partition coefficient (Wildman–Crippen LogP) is 1.86. The van der Waals surface area contributed by atoms with Gasteiger partial charge in [0.25, 0.3) is 0 Å². The second-order valence-corrected chi connectivity index (χ2v) is 6.70. The van der Waals surface area contributed by atoms with E-state index < -0.39 is 0 Å². The average molecular weight is 276 g/mol. The molecule has 0 radical (unpaired) electrons. The lowest BCUT2D eigenvalue weighted by atomic mass is 9.90. The van der Waals surface area contributed by atoms with Gasteiger partial charge in [-0.05, 0) is 43.9 Å².